The average Bonchev–Trinajstić information content (AvgIpc) is 2.49. The molecular formula is C19H25F3. The van der Waals surface area contributed by atoms with Crippen LogP contribution in [-0.4, -0.2) is 0 Å². The molecule has 1 saturated carbocycles. The lowest BCUT2D eigenvalue weighted by atomic mass is 9.80. The summed E-state index contributed by atoms with van der Waals surface area (Å²) < 4.78 is 40.1. The van der Waals surface area contributed by atoms with Gasteiger partial charge in [-0.05, 0) is 55.6 Å². The van der Waals surface area contributed by atoms with Gasteiger partial charge in [-0.2, -0.15) is 0 Å². The minimum atomic E-state index is -2.78. The van der Waals surface area contributed by atoms with Gasteiger partial charge in [0.1, 0.15) is 5.82 Å². The summed E-state index contributed by atoms with van der Waals surface area (Å²) in [5.74, 6) is 0.481. The van der Waals surface area contributed by atoms with E-state index >= 15 is 0 Å². The third kappa shape index (κ3) is 4.15. The van der Waals surface area contributed by atoms with Gasteiger partial charge in [0.25, 0.3) is 6.43 Å². The first-order chi connectivity index (χ1) is 10.5. The van der Waals surface area contributed by atoms with Crippen molar-refractivity contribution in [2.75, 3.05) is 0 Å². The Hall–Kier alpha value is -1.25. The highest BCUT2D eigenvalue weighted by Gasteiger charge is 2.21. The first-order valence-electron chi connectivity index (χ1n) is 8.28. The Bertz CT molecular complexity index is 512. The van der Waals surface area contributed by atoms with Gasteiger partial charge in [-0.1, -0.05) is 44.1 Å². The van der Waals surface area contributed by atoms with Crippen LogP contribution in [0.5, 0.6) is 0 Å². The molecular weight excluding hydrogens is 285 g/mol. The van der Waals surface area contributed by atoms with E-state index in [0.717, 1.165) is 18.8 Å². The van der Waals surface area contributed by atoms with Crippen molar-refractivity contribution in [3.05, 3.63) is 40.7 Å². The first-order valence-corrected chi connectivity index (χ1v) is 8.28. The van der Waals surface area contributed by atoms with Crippen LogP contribution in [0, 0.1) is 24.6 Å². The van der Waals surface area contributed by atoms with Gasteiger partial charge in [0.05, 0.1) is 5.56 Å². The zero-order valence-electron chi connectivity index (χ0n) is 13.4. The smallest absolute Gasteiger partial charge is 0.206 e. The van der Waals surface area contributed by atoms with Crippen molar-refractivity contribution in [2.45, 2.75) is 58.8 Å². The maximum atomic E-state index is 13.9. The van der Waals surface area contributed by atoms with E-state index in [1.54, 1.807) is 18.2 Å². The second-order valence-corrected chi connectivity index (χ2v) is 6.43. The molecule has 0 atom stereocenters. The maximum Gasteiger partial charge on any atom is 0.267 e. The number of rotatable bonds is 5. The van der Waals surface area contributed by atoms with Crippen LogP contribution in [0.4, 0.5) is 13.2 Å². The van der Waals surface area contributed by atoms with E-state index in [9.17, 15) is 13.2 Å². The second kappa shape index (κ2) is 7.85. The van der Waals surface area contributed by atoms with Crippen LogP contribution in [0.3, 0.4) is 0 Å². The molecule has 1 aromatic rings. The summed E-state index contributed by atoms with van der Waals surface area (Å²) >= 11 is 0. The predicted molar refractivity (Wildman–Crippen MR) is 85.5 cm³/mol. The fraction of sp³-hybridized carbons (Fsp3) is 0.579. The van der Waals surface area contributed by atoms with Crippen molar-refractivity contribution >= 4 is 6.08 Å². The molecule has 3 heteroatoms. The molecule has 0 unspecified atom stereocenters. The number of hydrogen-bond donors (Lipinski definition) is 0. The van der Waals surface area contributed by atoms with E-state index in [0.29, 0.717) is 11.5 Å². The molecule has 2 rings (SSSR count). The third-order valence-electron chi connectivity index (χ3n) is 4.76. The van der Waals surface area contributed by atoms with Crippen molar-refractivity contribution in [1.82, 2.24) is 0 Å². The molecule has 1 aliphatic carbocycles. The van der Waals surface area contributed by atoms with Crippen molar-refractivity contribution in [3.8, 4) is 0 Å². The van der Waals surface area contributed by atoms with E-state index < -0.39 is 17.8 Å². The van der Waals surface area contributed by atoms with E-state index in [4.69, 9.17) is 0 Å². The van der Waals surface area contributed by atoms with Crippen LogP contribution < -0.4 is 0 Å². The van der Waals surface area contributed by atoms with Crippen molar-refractivity contribution in [2.24, 2.45) is 11.8 Å². The van der Waals surface area contributed by atoms with Crippen LogP contribution in [0.2, 0.25) is 0 Å². The Morgan fingerprint density at radius 1 is 1.18 bits per heavy atom. The number of allylic oxidation sites excluding steroid dienone is 1. The monoisotopic (exact) mass is 310 g/mol. The Labute approximate surface area is 131 Å². The van der Waals surface area contributed by atoms with Gasteiger partial charge in [0, 0.05) is 0 Å². The van der Waals surface area contributed by atoms with E-state index in [1.165, 1.54) is 32.6 Å². The lowest BCUT2D eigenvalue weighted by Gasteiger charge is -2.26. The molecule has 0 amide bonds. The summed E-state index contributed by atoms with van der Waals surface area (Å²) in [5, 5.41) is 0. The molecule has 0 nitrogen and oxygen atoms in total. The zero-order valence-corrected chi connectivity index (χ0v) is 13.4. The third-order valence-corrected chi connectivity index (χ3v) is 4.76. The molecule has 0 N–H and O–H groups in total. The Kier molecular flexibility index (Phi) is 6.10. The maximum absolute atomic E-state index is 13.9. The standard InChI is InChI=1S/C19H25F3/c1-3-4-14-6-8-15(9-7-14)10-12-16-11-5-13(2)18(20)17(16)19(21)22/h5,10-12,14-15,19H,3-4,6-9H2,1-2H3. The van der Waals surface area contributed by atoms with Gasteiger partial charge >= 0.3 is 0 Å². The highest BCUT2D eigenvalue weighted by atomic mass is 19.3. The van der Waals surface area contributed by atoms with Crippen LogP contribution in [0.25, 0.3) is 6.08 Å². The lowest BCUT2D eigenvalue weighted by molar-refractivity contribution is 0.146. The summed E-state index contributed by atoms with van der Waals surface area (Å²) in [6.45, 7) is 3.73. The second-order valence-electron chi connectivity index (χ2n) is 6.43. The highest BCUT2D eigenvalue weighted by Crippen LogP contribution is 2.34. The van der Waals surface area contributed by atoms with Crippen LogP contribution in [0.15, 0.2) is 18.2 Å². The predicted octanol–water partition coefficient (Wildman–Crippen LogP) is 6.69. The number of aryl methyl sites for hydroxylation is 1. The summed E-state index contributed by atoms with van der Waals surface area (Å²) in [7, 11) is 0. The summed E-state index contributed by atoms with van der Waals surface area (Å²) in [4.78, 5) is 0. The molecule has 122 valence electrons. The summed E-state index contributed by atoms with van der Waals surface area (Å²) in [6.07, 6.45) is 8.08. The van der Waals surface area contributed by atoms with Gasteiger partial charge in [-0.25, -0.2) is 13.2 Å². The van der Waals surface area contributed by atoms with E-state index in [-0.39, 0.29) is 5.56 Å². The summed E-state index contributed by atoms with van der Waals surface area (Å²) in [5.41, 5.74) is 0.122. The van der Waals surface area contributed by atoms with Crippen molar-refractivity contribution < 1.29 is 13.2 Å². The summed E-state index contributed by atoms with van der Waals surface area (Å²) in [6, 6.07) is 3.16. The number of hydrogen-bond acceptors (Lipinski definition) is 0. The quantitative estimate of drug-likeness (QED) is 0.568. The minimum Gasteiger partial charge on any atom is -0.206 e. The highest BCUT2D eigenvalue weighted by molar-refractivity contribution is 5.56. The Morgan fingerprint density at radius 2 is 1.86 bits per heavy atom. The van der Waals surface area contributed by atoms with Crippen LogP contribution in [-0.2, 0) is 0 Å². The van der Waals surface area contributed by atoms with Crippen molar-refractivity contribution in [1.29, 1.82) is 0 Å². The van der Waals surface area contributed by atoms with E-state index in [1.807, 2.05) is 6.08 Å². The molecule has 0 bridgehead atoms. The molecule has 0 heterocycles. The number of benzene rings is 1. The van der Waals surface area contributed by atoms with Crippen molar-refractivity contribution in [3.63, 3.8) is 0 Å². The fourth-order valence-electron chi connectivity index (χ4n) is 3.40. The Morgan fingerprint density at radius 3 is 2.45 bits per heavy atom. The van der Waals surface area contributed by atoms with Gasteiger partial charge in [-0.3, -0.25) is 0 Å². The zero-order chi connectivity index (χ0) is 16.1. The minimum absolute atomic E-state index is 0.271. The number of alkyl halides is 2. The molecule has 0 aliphatic heterocycles. The first kappa shape index (κ1) is 17.1. The molecule has 1 aliphatic rings. The molecule has 0 saturated heterocycles. The molecule has 1 aromatic carbocycles. The molecule has 0 spiro atoms. The van der Waals surface area contributed by atoms with Crippen LogP contribution >= 0.6 is 0 Å². The largest absolute Gasteiger partial charge is 0.267 e. The van der Waals surface area contributed by atoms with Crippen LogP contribution in [0.1, 0.15) is 68.6 Å². The lowest BCUT2D eigenvalue weighted by Crippen LogP contribution is -2.12. The van der Waals surface area contributed by atoms with Gasteiger partial charge in [-0.15, -0.1) is 0 Å². The average molecular weight is 310 g/mol. The van der Waals surface area contributed by atoms with E-state index in [2.05, 4.69) is 6.92 Å². The molecule has 0 radical (unpaired) electrons. The Balaban J connectivity index is 2.07. The van der Waals surface area contributed by atoms with Gasteiger partial charge < -0.3 is 0 Å². The molecule has 22 heavy (non-hydrogen) atoms. The SMILES string of the molecule is CCCC1CCC(C=Cc2ccc(C)c(F)c2C(F)F)CC1. The fourth-order valence-corrected chi connectivity index (χ4v) is 3.40. The molecule has 0 aromatic heterocycles. The normalized spacial score (nSPS) is 22.6. The van der Waals surface area contributed by atoms with Gasteiger partial charge in [0.2, 0.25) is 0 Å². The topological polar surface area (TPSA) is 0 Å². The molecule has 1 fully saturated rings. The van der Waals surface area contributed by atoms with Gasteiger partial charge in [0.15, 0.2) is 0 Å². The number of halogens is 3.